The number of para-hydroxylation sites is 3. The molecule has 0 saturated carbocycles. The van der Waals surface area contributed by atoms with Crippen LogP contribution in [0.5, 0.6) is 11.5 Å². The van der Waals surface area contributed by atoms with Crippen molar-refractivity contribution in [3.63, 3.8) is 0 Å². The van der Waals surface area contributed by atoms with E-state index in [1.165, 1.54) is 0 Å². The molecule has 0 saturated heterocycles. The fourth-order valence-corrected chi connectivity index (χ4v) is 3.00. The highest BCUT2D eigenvalue weighted by molar-refractivity contribution is 5.90. The number of hydrogen-bond donors (Lipinski definition) is 0. The minimum Gasteiger partial charge on any atom is -0.493 e. The van der Waals surface area contributed by atoms with E-state index in [1.54, 1.807) is 14.2 Å². The van der Waals surface area contributed by atoms with Crippen molar-refractivity contribution in [1.29, 1.82) is 0 Å². The lowest BCUT2D eigenvalue weighted by atomic mass is 10.1. The Kier molecular flexibility index (Phi) is 3.15. The Bertz CT molecular complexity index is 1000. The summed E-state index contributed by atoms with van der Waals surface area (Å²) in [5.41, 5.74) is 4.86. The molecule has 4 nitrogen and oxygen atoms in total. The van der Waals surface area contributed by atoms with Crippen LogP contribution in [0.1, 0.15) is 0 Å². The molecule has 2 aromatic carbocycles. The summed E-state index contributed by atoms with van der Waals surface area (Å²) in [6.07, 6.45) is 2.05. The zero-order valence-corrected chi connectivity index (χ0v) is 13.0. The first kappa shape index (κ1) is 13.6. The molecule has 0 bridgehead atoms. The first-order valence-corrected chi connectivity index (χ1v) is 7.40. The Balaban J connectivity index is 2.11. The van der Waals surface area contributed by atoms with Crippen LogP contribution in [0.3, 0.4) is 0 Å². The summed E-state index contributed by atoms with van der Waals surface area (Å²) in [5, 5.41) is 0. The van der Waals surface area contributed by atoms with E-state index in [-0.39, 0.29) is 0 Å². The summed E-state index contributed by atoms with van der Waals surface area (Å²) in [7, 11) is 3.29. The van der Waals surface area contributed by atoms with Gasteiger partial charge in [0.25, 0.3) is 0 Å². The minimum absolute atomic E-state index is 0.695. The molecule has 2 heterocycles. The van der Waals surface area contributed by atoms with Crippen LogP contribution < -0.4 is 9.47 Å². The van der Waals surface area contributed by atoms with Crippen molar-refractivity contribution < 1.29 is 9.47 Å². The molecule has 23 heavy (non-hydrogen) atoms. The molecule has 0 aliphatic rings. The van der Waals surface area contributed by atoms with Crippen LogP contribution in [-0.2, 0) is 0 Å². The lowest BCUT2D eigenvalue weighted by molar-refractivity contribution is 0.356. The SMILES string of the molecule is COc1cccc(-c2nc3ccccc3n3cccc23)c1OC. The van der Waals surface area contributed by atoms with E-state index in [9.17, 15) is 0 Å². The van der Waals surface area contributed by atoms with Crippen LogP contribution in [-0.4, -0.2) is 23.6 Å². The molecule has 4 rings (SSSR count). The van der Waals surface area contributed by atoms with Gasteiger partial charge in [-0.1, -0.05) is 18.2 Å². The average Bonchev–Trinajstić information content (AvgIpc) is 3.10. The van der Waals surface area contributed by atoms with E-state index >= 15 is 0 Å². The van der Waals surface area contributed by atoms with Crippen molar-refractivity contribution in [3.8, 4) is 22.8 Å². The average molecular weight is 304 g/mol. The molecule has 0 aliphatic heterocycles. The molecule has 0 unspecified atom stereocenters. The minimum atomic E-state index is 0.695. The van der Waals surface area contributed by atoms with Gasteiger partial charge in [0.1, 0.15) is 0 Å². The third-order valence-corrected chi connectivity index (χ3v) is 4.02. The van der Waals surface area contributed by atoms with Crippen LogP contribution in [0.25, 0.3) is 27.8 Å². The molecular formula is C19H16N2O2. The molecule has 0 N–H and O–H groups in total. The fraction of sp³-hybridized carbons (Fsp3) is 0.105. The number of rotatable bonds is 3. The molecule has 114 valence electrons. The molecule has 0 atom stereocenters. The Morgan fingerprint density at radius 3 is 2.48 bits per heavy atom. The van der Waals surface area contributed by atoms with Crippen LogP contribution in [0.2, 0.25) is 0 Å². The Hall–Kier alpha value is -3.01. The topological polar surface area (TPSA) is 35.8 Å². The van der Waals surface area contributed by atoms with E-state index in [2.05, 4.69) is 22.7 Å². The fourth-order valence-electron chi connectivity index (χ4n) is 3.00. The molecule has 0 amide bonds. The largest absolute Gasteiger partial charge is 0.493 e. The van der Waals surface area contributed by atoms with Crippen LogP contribution >= 0.6 is 0 Å². The van der Waals surface area contributed by atoms with Gasteiger partial charge in [-0.25, -0.2) is 4.98 Å². The maximum Gasteiger partial charge on any atom is 0.170 e. The first-order chi connectivity index (χ1) is 11.3. The predicted octanol–water partition coefficient (Wildman–Crippen LogP) is 4.17. The maximum atomic E-state index is 5.59. The molecule has 4 heteroatoms. The maximum absolute atomic E-state index is 5.59. The molecule has 2 aromatic heterocycles. The van der Waals surface area contributed by atoms with Gasteiger partial charge in [-0.05, 0) is 36.4 Å². The van der Waals surface area contributed by atoms with Crippen LogP contribution in [0.4, 0.5) is 0 Å². The molecule has 4 aromatic rings. The van der Waals surface area contributed by atoms with Gasteiger partial charge in [-0.3, -0.25) is 0 Å². The van der Waals surface area contributed by atoms with Gasteiger partial charge in [0.05, 0.1) is 36.5 Å². The smallest absolute Gasteiger partial charge is 0.170 e. The lowest BCUT2D eigenvalue weighted by Gasteiger charge is -2.14. The Morgan fingerprint density at radius 1 is 0.826 bits per heavy atom. The molecule has 0 radical (unpaired) electrons. The second kappa shape index (κ2) is 5.32. The van der Waals surface area contributed by atoms with Crippen LogP contribution in [0, 0.1) is 0 Å². The number of nitrogens with zero attached hydrogens (tertiary/aromatic N) is 2. The summed E-state index contributed by atoms with van der Waals surface area (Å²) in [6.45, 7) is 0. The van der Waals surface area contributed by atoms with Gasteiger partial charge in [-0.15, -0.1) is 0 Å². The van der Waals surface area contributed by atoms with E-state index in [0.29, 0.717) is 11.5 Å². The van der Waals surface area contributed by atoms with Gasteiger partial charge in [0, 0.05) is 11.8 Å². The van der Waals surface area contributed by atoms with E-state index < -0.39 is 0 Å². The summed E-state index contributed by atoms with van der Waals surface area (Å²) in [5.74, 6) is 1.39. The quantitative estimate of drug-likeness (QED) is 0.570. The molecular weight excluding hydrogens is 288 g/mol. The van der Waals surface area contributed by atoms with Crippen molar-refractivity contribution in [3.05, 3.63) is 60.8 Å². The first-order valence-electron chi connectivity index (χ1n) is 7.40. The van der Waals surface area contributed by atoms with Crippen molar-refractivity contribution in [1.82, 2.24) is 9.38 Å². The monoisotopic (exact) mass is 304 g/mol. The number of ether oxygens (including phenoxy) is 2. The number of hydrogen-bond acceptors (Lipinski definition) is 3. The third kappa shape index (κ3) is 2.03. The lowest BCUT2D eigenvalue weighted by Crippen LogP contribution is -1.98. The zero-order chi connectivity index (χ0) is 15.8. The number of fused-ring (bicyclic) bond motifs is 3. The molecule has 0 spiro atoms. The standard InChI is InChI=1S/C19H16N2O2/c1-22-17-11-5-7-13(19(17)23-2)18-16-10-6-12-21(16)15-9-4-3-8-14(15)20-18/h3-12H,1-2H3. The van der Waals surface area contributed by atoms with Gasteiger partial charge >= 0.3 is 0 Å². The summed E-state index contributed by atoms with van der Waals surface area (Å²) < 4.78 is 13.2. The number of benzene rings is 2. The van der Waals surface area contributed by atoms with Gasteiger partial charge < -0.3 is 13.9 Å². The summed E-state index contributed by atoms with van der Waals surface area (Å²) in [6, 6.07) is 18.0. The number of aromatic nitrogens is 2. The Morgan fingerprint density at radius 2 is 1.65 bits per heavy atom. The van der Waals surface area contributed by atoms with Gasteiger partial charge in [-0.2, -0.15) is 0 Å². The van der Waals surface area contributed by atoms with Crippen LogP contribution in [0.15, 0.2) is 60.8 Å². The summed E-state index contributed by atoms with van der Waals surface area (Å²) >= 11 is 0. The molecule has 0 aliphatic carbocycles. The number of methoxy groups -OCH3 is 2. The second-order valence-electron chi connectivity index (χ2n) is 5.25. The Labute approximate surface area is 133 Å². The summed E-state index contributed by atoms with van der Waals surface area (Å²) in [4.78, 5) is 4.87. The second-order valence-corrected chi connectivity index (χ2v) is 5.25. The van der Waals surface area contributed by atoms with E-state index in [1.807, 2.05) is 42.5 Å². The van der Waals surface area contributed by atoms with Crippen molar-refractivity contribution >= 4 is 16.6 Å². The van der Waals surface area contributed by atoms with Crippen molar-refractivity contribution in [2.24, 2.45) is 0 Å². The van der Waals surface area contributed by atoms with Crippen molar-refractivity contribution in [2.45, 2.75) is 0 Å². The highest BCUT2D eigenvalue weighted by atomic mass is 16.5. The zero-order valence-electron chi connectivity index (χ0n) is 13.0. The van der Waals surface area contributed by atoms with Gasteiger partial charge in [0.2, 0.25) is 0 Å². The van der Waals surface area contributed by atoms with Gasteiger partial charge in [0.15, 0.2) is 11.5 Å². The molecule has 0 fully saturated rings. The normalized spacial score (nSPS) is 11.0. The predicted molar refractivity (Wildman–Crippen MR) is 91.2 cm³/mol. The third-order valence-electron chi connectivity index (χ3n) is 4.02. The van der Waals surface area contributed by atoms with E-state index in [4.69, 9.17) is 14.5 Å². The highest BCUT2D eigenvalue weighted by Crippen LogP contribution is 2.39. The van der Waals surface area contributed by atoms with Crippen molar-refractivity contribution in [2.75, 3.05) is 14.2 Å². The highest BCUT2D eigenvalue weighted by Gasteiger charge is 2.16. The van der Waals surface area contributed by atoms with E-state index in [0.717, 1.165) is 27.8 Å².